The molecule has 19 heavy (non-hydrogen) atoms. The van der Waals surface area contributed by atoms with Crippen LogP contribution in [0.1, 0.15) is 25.3 Å². The van der Waals surface area contributed by atoms with Crippen LogP contribution in [-0.4, -0.2) is 29.6 Å². The second kappa shape index (κ2) is 6.89. The maximum absolute atomic E-state index is 11.8. The van der Waals surface area contributed by atoms with Crippen molar-refractivity contribution < 1.29 is 14.7 Å². The van der Waals surface area contributed by atoms with Gasteiger partial charge in [-0.3, -0.25) is 9.59 Å². The van der Waals surface area contributed by atoms with E-state index in [9.17, 15) is 14.7 Å². The lowest BCUT2D eigenvalue weighted by atomic mass is 9.98. The predicted molar refractivity (Wildman–Crippen MR) is 72.6 cm³/mol. The molecule has 0 fully saturated rings. The highest BCUT2D eigenvalue weighted by Gasteiger charge is 2.23. The Kier molecular flexibility index (Phi) is 5.51. The summed E-state index contributed by atoms with van der Waals surface area (Å²) in [5.74, 6) is -2.27. The molecule has 1 rings (SSSR count). The maximum atomic E-state index is 11.8. The van der Waals surface area contributed by atoms with Crippen molar-refractivity contribution in [2.75, 3.05) is 6.54 Å². The first kappa shape index (κ1) is 15.2. The number of rotatable bonds is 6. The van der Waals surface area contributed by atoms with Crippen molar-refractivity contribution in [3.8, 4) is 0 Å². The summed E-state index contributed by atoms with van der Waals surface area (Å²) in [7, 11) is 0. The second-order valence-corrected chi connectivity index (χ2v) is 4.69. The normalized spacial score (nSPS) is 15.3. The zero-order valence-electron chi connectivity index (χ0n) is 11.2. The van der Waals surface area contributed by atoms with Crippen LogP contribution in [0.15, 0.2) is 30.3 Å². The minimum absolute atomic E-state index is 0.0647. The molecule has 0 saturated heterocycles. The molecule has 0 spiro atoms. The third-order valence-corrected chi connectivity index (χ3v) is 3.18. The van der Waals surface area contributed by atoms with E-state index < -0.39 is 11.9 Å². The van der Waals surface area contributed by atoms with Crippen LogP contribution < -0.4 is 11.1 Å². The van der Waals surface area contributed by atoms with Gasteiger partial charge in [0.25, 0.3) is 0 Å². The van der Waals surface area contributed by atoms with Gasteiger partial charge in [-0.15, -0.1) is 0 Å². The van der Waals surface area contributed by atoms with Gasteiger partial charge in [-0.05, 0) is 12.5 Å². The van der Waals surface area contributed by atoms with Gasteiger partial charge >= 0.3 is 5.97 Å². The van der Waals surface area contributed by atoms with E-state index in [0.717, 1.165) is 0 Å². The van der Waals surface area contributed by atoms with Crippen LogP contribution in [0.5, 0.6) is 0 Å². The fourth-order valence-corrected chi connectivity index (χ4v) is 1.64. The molecule has 0 bridgehead atoms. The summed E-state index contributed by atoms with van der Waals surface area (Å²) in [5.41, 5.74) is 6.31. The average Bonchev–Trinajstić information content (AvgIpc) is 2.38. The second-order valence-electron chi connectivity index (χ2n) is 4.69. The molecule has 0 aromatic heterocycles. The average molecular weight is 264 g/mol. The minimum Gasteiger partial charge on any atom is -0.481 e. The van der Waals surface area contributed by atoms with Crippen LogP contribution in [0.25, 0.3) is 0 Å². The molecule has 4 N–H and O–H groups in total. The van der Waals surface area contributed by atoms with Gasteiger partial charge in [-0.1, -0.05) is 37.3 Å². The number of carbonyl (C=O) groups excluding carboxylic acids is 1. The molecule has 0 saturated carbocycles. The quantitative estimate of drug-likeness (QED) is 0.713. The van der Waals surface area contributed by atoms with Crippen molar-refractivity contribution in [2.24, 2.45) is 11.7 Å². The van der Waals surface area contributed by atoms with Gasteiger partial charge in [0, 0.05) is 18.5 Å². The van der Waals surface area contributed by atoms with Crippen molar-refractivity contribution in [3.05, 3.63) is 35.9 Å². The van der Waals surface area contributed by atoms with Gasteiger partial charge in [0.2, 0.25) is 5.91 Å². The molecule has 5 heteroatoms. The summed E-state index contributed by atoms with van der Waals surface area (Å²) in [6.45, 7) is 3.53. The fourth-order valence-electron chi connectivity index (χ4n) is 1.64. The molecule has 3 unspecified atom stereocenters. The Labute approximate surface area is 112 Å². The number of carboxylic acids is 1. The Bertz CT molecular complexity index is 432. The van der Waals surface area contributed by atoms with Crippen molar-refractivity contribution in [2.45, 2.75) is 25.8 Å². The number of aliphatic carboxylic acids is 1. The molecule has 0 heterocycles. The van der Waals surface area contributed by atoms with Crippen LogP contribution in [0.2, 0.25) is 0 Å². The highest BCUT2D eigenvalue weighted by molar-refractivity contribution is 5.81. The van der Waals surface area contributed by atoms with E-state index in [-0.39, 0.29) is 24.4 Å². The number of hydrogen-bond donors (Lipinski definition) is 3. The molecule has 3 atom stereocenters. The monoisotopic (exact) mass is 264 g/mol. The van der Waals surface area contributed by atoms with Crippen LogP contribution in [0.3, 0.4) is 0 Å². The summed E-state index contributed by atoms with van der Waals surface area (Å²) in [4.78, 5) is 23.0. The van der Waals surface area contributed by atoms with Gasteiger partial charge in [0.15, 0.2) is 0 Å². The number of amides is 1. The molecular formula is C14H20N2O3. The van der Waals surface area contributed by atoms with E-state index >= 15 is 0 Å². The van der Waals surface area contributed by atoms with Crippen molar-refractivity contribution in [3.63, 3.8) is 0 Å². The fraction of sp³-hybridized carbons (Fsp3) is 0.429. The number of hydrogen-bond acceptors (Lipinski definition) is 3. The first-order valence-corrected chi connectivity index (χ1v) is 6.24. The Balaban J connectivity index is 2.67. The van der Waals surface area contributed by atoms with Crippen LogP contribution in [-0.2, 0) is 9.59 Å². The van der Waals surface area contributed by atoms with E-state index in [1.807, 2.05) is 6.07 Å². The molecule has 104 valence electrons. The predicted octanol–water partition coefficient (Wildman–Crippen LogP) is 0.954. The highest BCUT2D eigenvalue weighted by Crippen LogP contribution is 2.15. The number of nitrogens with one attached hydrogen (secondary N) is 1. The van der Waals surface area contributed by atoms with Gasteiger partial charge in [-0.25, -0.2) is 0 Å². The van der Waals surface area contributed by atoms with E-state index in [1.54, 1.807) is 38.1 Å². The van der Waals surface area contributed by atoms with Crippen LogP contribution >= 0.6 is 0 Å². The zero-order valence-corrected chi connectivity index (χ0v) is 11.2. The Hall–Kier alpha value is -1.88. The van der Waals surface area contributed by atoms with Gasteiger partial charge in [-0.2, -0.15) is 0 Å². The van der Waals surface area contributed by atoms with Crippen molar-refractivity contribution >= 4 is 11.9 Å². The van der Waals surface area contributed by atoms with Crippen molar-refractivity contribution in [1.29, 1.82) is 0 Å². The van der Waals surface area contributed by atoms with Crippen molar-refractivity contribution in [1.82, 2.24) is 5.32 Å². The van der Waals surface area contributed by atoms with E-state index in [4.69, 9.17) is 5.73 Å². The smallest absolute Gasteiger partial charge is 0.312 e. The minimum atomic E-state index is -0.958. The van der Waals surface area contributed by atoms with E-state index in [2.05, 4.69) is 5.32 Å². The summed E-state index contributed by atoms with van der Waals surface area (Å²) in [6, 6.07) is 8.58. The van der Waals surface area contributed by atoms with Crippen LogP contribution in [0.4, 0.5) is 0 Å². The summed E-state index contributed by atoms with van der Waals surface area (Å²) >= 11 is 0. The van der Waals surface area contributed by atoms with Gasteiger partial charge < -0.3 is 16.2 Å². The topological polar surface area (TPSA) is 92.4 Å². The number of nitrogens with two attached hydrogens (primary N) is 1. The van der Waals surface area contributed by atoms with E-state index in [0.29, 0.717) is 5.56 Å². The Morgan fingerprint density at radius 1 is 1.26 bits per heavy atom. The first-order valence-electron chi connectivity index (χ1n) is 6.24. The maximum Gasteiger partial charge on any atom is 0.312 e. The SMILES string of the molecule is CC(N)C(C)C(=O)NCC(C(=O)O)c1ccccc1. The summed E-state index contributed by atoms with van der Waals surface area (Å²) < 4.78 is 0. The lowest BCUT2D eigenvalue weighted by molar-refractivity contribution is -0.138. The molecule has 0 aliphatic rings. The largest absolute Gasteiger partial charge is 0.481 e. The molecule has 1 amide bonds. The lowest BCUT2D eigenvalue weighted by Gasteiger charge is -2.18. The third kappa shape index (κ3) is 4.37. The summed E-state index contributed by atoms with van der Waals surface area (Å²) in [6.07, 6.45) is 0. The highest BCUT2D eigenvalue weighted by atomic mass is 16.4. The van der Waals surface area contributed by atoms with Gasteiger partial charge in [0.05, 0.1) is 5.92 Å². The number of carboxylic acid groups (broad SMARTS) is 1. The molecule has 1 aromatic rings. The molecule has 0 aliphatic carbocycles. The zero-order chi connectivity index (χ0) is 14.4. The van der Waals surface area contributed by atoms with Gasteiger partial charge in [0.1, 0.15) is 0 Å². The molecule has 1 aromatic carbocycles. The number of carbonyl (C=O) groups is 2. The molecular weight excluding hydrogens is 244 g/mol. The molecule has 0 aliphatic heterocycles. The molecule has 5 nitrogen and oxygen atoms in total. The van der Waals surface area contributed by atoms with Crippen LogP contribution in [0, 0.1) is 5.92 Å². The standard InChI is InChI=1S/C14H20N2O3/c1-9(10(2)15)13(17)16-8-12(14(18)19)11-6-4-3-5-7-11/h3-7,9-10,12H,8,15H2,1-2H3,(H,16,17)(H,18,19). The first-order chi connectivity index (χ1) is 8.93. The third-order valence-electron chi connectivity index (χ3n) is 3.18. The molecule has 0 radical (unpaired) electrons. The Morgan fingerprint density at radius 2 is 1.84 bits per heavy atom. The Morgan fingerprint density at radius 3 is 2.32 bits per heavy atom. The van der Waals surface area contributed by atoms with E-state index in [1.165, 1.54) is 0 Å². The lowest BCUT2D eigenvalue weighted by Crippen LogP contribution is -2.41. The number of benzene rings is 1. The summed E-state index contributed by atoms with van der Waals surface area (Å²) in [5, 5.41) is 11.9.